The Bertz CT molecular complexity index is 1480. The monoisotopic (exact) mass is 491 g/mol. The van der Waals surface area contributed by atoms with Crippen LogP contribution in [0.25, 0.3) is 27.8 Å². The van der Waals surface area contributed by atoms with Crippen LogP contribution in [0.2, 0.25) is 5.02 Å². The molecule has 0 atom stereocenters. The Morgan fingerprint density at radius 3 is 2.79 bits per heavy atom. The number of carbonyl (C=O) groups is 1. The predicted octanol–water partition coefficient (Wildman–Crippen LogP) is 6.11. The second-order valence-electron chi connectivity index (χ2n) is 7.20. The minimum atomic E-state index is -0.523. The first-order chi connectivity index (χ1) is 16.5. The van der Waals surface area contributed by atoms with Crippen LogP contribution in [0.3, 0.4) is 0 Å². The van der Waals surface area contributed by atoms with E-state index in [4.69, 9.17) is 20.8 Å². The van der Waals surface area contributed by atoms with Gasteiger partial charge in [0.1, 0.15) is 22.2 Å². The van der Waals surface area contributed by atoms with Crippen LogP contribution < -0.4 is 10.9 Å². The Hall–Kier alpha value is -3.93. The first kappa shape index (κ1) is 23.2. The summed E-state index contributed by atoms with van der Waals surface area (Å²) in [5.41, 5.74) is 2.02. The first-order valence-corrected chi connectivity index (χ1v) is 11.6. The Labute approximate surface area is 203 Å². The highest BCUT2D eigenvalue weighted by Gasteiger charge is 2.14. The van der Waals surface area contributed by atoms with Crippen molar-refractivity contribution in [2.45, 2.75) is 13.3 Å². The number of rotatable bonds is 7. The van der Waals surface area contributed by atoms with Crippen LogP contribution in [-0.2, 0) is 4.74 Å². The zero-order valence-corrected chi connectivity index (χ0v) is 19.6. The summed E-state index contributed by atoms with van der Waals surface area (Å²) in [6, 6.07) is 15.5. The molecule has 2 heterocycles. The molecule has 0 aliphatic carbocycles. The topological polar surface area (TPSA) is 105 Å². The van der Waals surface area contributed by atoms with Crippen LogP contribution in [0.15, 0.2) is 69.3 Å². The fraction of sp³-hybridized carbons (Fsp3) is 0.120. The van der Waals surface area contributed by atoms with E-state index in [9.17, 15) is 14.9 Å². The van der Waals surface area contributed by atoms with Crippen LogP contribution in [0.5, 0.6) is 0 Å². The molecule has 2 aromatic carbocycles. The largest absolute Gasteiger partial charge is 0.462 e. The maximum absolute atomic E-state index is 12.5. The van der Waals surface area contributed by atoms with Gasteiger partial charge in [-0.15, -0.1) is 11.3 Å². The van der Waals surface area contributed by atoms with Gasteiger partial charge in [0.05, 0.1) is 23.4 Å². The average Bonchev–Trinajstić information content (AvgIpc) is 3.33. The fourth-order valence-corrected chi connectivity index (χ4v) is 4.04. The summed E-state index contributed by atoms with van der Waals surface area (Å²) in [5, 5.41) is 16.0. The van der Waals surface area contributed by atoms with Crippen molar-refractivity contribution in [3.8, 4) is 17.3 Å². The van der Waals surface area contributed by atoms with E-state index in [1.807, 2.05) is 6.92 Å². The molecule has 1 N–H and O–H groups in total. The Balaban J connectivity index is 1.54. The third-order valence-electron chi connectivity index (χ3n) is 4.77. The molecular formula is C25H18ClN3O4S. The van der Waals surface area contributed by atoms with Crippen molar-refractivity contribution >= 4 is 51.1 Å². The van der Waals surface area contributed by atoms with E-state index < -0.39 is 5.63 Å². The highest BCUT2D eigenvalue weighted by atomic mass is 35.5. The van der Waals surface area contributed by atoms with Crippen LogP contribution >= 0.6 is 22.9 Å². The molecule has 0 aliphatic heterocycles. The van der Waals surface area contributed by atoms with Gasteiger partial charge in [0.2, 0.25) is 0 Å². The molecule has 0 unspecified atom stereocenters. The molecule has 0 fully saturated rings. The van der Waals surface area contributed by atoms with Gasteiger partial charge in [-0.2, -0.15) is 5.26 Å². The highest BCUT2D eigenvalue weighted by Crippen LogP contribution is 2.27. The summed E-state index contributed by atoms with van der Waals surface area (Å²) in [6.07, 6.45) is 2.28. The fourth-order valence-electron chi connectivity index (χ4n) is 3.07. The number of thiazole rings is 1. The number of nitrogens with one attached hydrogen (secondary N) is 1. The summed E-state index contributed by atoms with van der Waals surface area (Å²) in [6.45, 7) is 2.30. The normalized spacial score (nSPS) is 11.3. The Morgan fingerprint density at radius 2 is 2.06 bits per heavy atom. The molecule has 0 saturated heterocycles. The molecule has 0 spiro atoms. The van der Waals surface area contributed by atoms with Gasteiger partial charge in [-0.05, 0) is 55.0 Å². The van der Waals surface area contributed by atoms with E-state index in [1.54, 1.807) is 53.9 Å². The van der Waals surface area contributed by atoms with Crippen LogP contribution in [0.4, 0.5) is 5.69 Å². The van der Waals surface area contributed by atoms with Gasteiger partial charge in [-0.1, -0.05) is 18.5 Å². The first-order valence-electron chi connectivity index (χ1n) is 10.3. The number of fused-ring (bicyclic) bond motifs is 1. The molecule has 4 aromatic rings. The molecule has 2 aromatic heterocycles. The van der Waals surface area contributed by atoms with Crippen molar-refractivity contribution in [3.63, 3.8) is 0 Å². The van der Waals surface area contributed by atoms with E-state index in [2.05, 4.69) is 16.4 Å². The maximum Gasteiger partial charge on any atom is 0.345 e. The SMILES string of the molecule is CCCOC(=O)c1ccc(NC=C(C#N)c2nc(-c3cc4cc(Cl)ccc4oc3=O)cs2)cc1. The van der Waals surface area contributed by atoms with E-state index in [0.29, 0.717) is 44.6 Å². The third kappa shape index (κ3) is 5.17. The number of hydrogen-bond donors (Lipinski definition) is 1. The lowest BCUT2D eigenvalue weighted by Gasteiger charge is -2.05. The number of ether oxygens (including phenoxy) is 1. The van der Waals surface area contributed by atoms with Crippen molar-refractivity contribution in [3.05, 3.63) is 86.1 Å². The van der Waals surface area contributed by atoms with Gasteiger partial charge < -0.3 is 14.5 Å². The molecule has 0 aliphatic rings. The van der Waals surface area contributed by atoms with Gasteiger partial charge in [0.25, 0.3) is 0 Å². The Morgan fingerprint density at radius 1 is 1.26 bits per heavy atom. The molecule has 0 saturated carbocycles. The van der Waals surface area contributed by atoms with Gasteiger partial charge in [0.15, 0.2) is 0 Å². The number of halogens is 1. The number of benzene rings is 2. The molecule has 0 radical (unpaired) electrons. The van der Waals surface area contributed by atoms with Gasteiger partial charge in [-0.3, -0.25) is 0 Å². The second-order valence-corrected chi connectivity index (χ2v) is 8.49. The van der Waals surface area contributed by atoms with Gasteiger partial charge in [0, 0.05) is 27.7 Å². The molecule has 34 heavy (non-hydrogen) atoms. The molecule has 7 nitrogen and oxygen atoms in total. The van der Waals surface area contributed by atoms with Crippen molar-refractivity contribution in [2.75, 3.05) is 11.9 Å². The highest BCUT2D eigenvalue weighted by molar-refractivity contribution is 7.11. The third-order valence-corrected chi connectivity index (χ3v) is 5.88. The molecule has 0 amide bonds. The van der Waals surface area contributed by atoms with Crippen molar-refractivity contribution < 1.29 is 13.9 Å². The predicted molar refractivity (Wildman–Crippen MR) is 133 cm³/mol. The summed E-state index contributed by atoms with van der Waals surface area (Å²) in [4.78, 5) is 28.8. The molecule has 0 bridgehead atoms. The number of esters is 1. The van der Waals surface area contributed by atoms with E-state index >= 15 is 0 Å². The minimum absolute atomic E-state index is 0.285. The number of nitriles is 1. The average molecular weight is 492 g/mol. The molecule has 170 valence electrons. The summed E-state index contributed by atoms with van der Waals surface area (Å²) in [7, 11) is 0. The quantitative estimate of drug-likeness (QED) is 0.189. The number of allylic oxidation sites excluding steroid dienone is 1. The van der Waals surface area contributed by atoms with E-state index in [1.165, 1.54) is 17.5 Å². The zero-order chi connectivity index (χ0) is 24.1. The van der Waals surface area contributed by atoms with Gasteiger partial charge >= 0.3 is 11.6 Å². The number of aromatic nitrogens is 1. The zero-order valence-electron chi connectivity index (χ0n) is 18.0. The molecular weight excluding hydrogens is 474 g/mol. The molecule has 9 heteroatoms. The van der Waals surface area contributed by atoms with Crippen molar-refractivity contribution in [2.24, 2.45) is 0 Å². The van der Waals surface area contributed by atoms with Gasteiger partial charge in [-0.25, -0.2) is 14.6 Å². The standard InChI is InChI=1S/C25H18ClN3O4S/c1-2-9-32-24(30)15-3-6-19(7-4-15)28-13-17(12-27)23-29-21(14-34-23)20-11-16-10-18(26)5-8-22(16)33-25(20)31/h3-8,10-11,13-14,28H,2,9H2,1H3. The van der Waals surface area contributed by atoms with Crippen LogP contribution in [0.1, 0.15) is 28.7 Å². The maximum atomic E-state index is 12.5. The summed E-state index contributed by atoms with van der Waals surface area (Å²) < 4.78 is 10.5. The van der Waals surface area contributed by atoms with Crippen LogP contribution in [0, 0.1) is 11.3 Å². The van der Waals surface area contributed by atoms with Crippen LogP contribution in [-0.4, -0.2) is 17.6 Å². The van der Waals surface area contributed by atoms with E-state index in [-0.39, 0.29) is 17.1 Å². The minimum Gasteiger partial charge on any atom is -0.462 e. The van der Waals surface area contributed by atoms with E-state index in [0.717, 1.165) is 6.42 Å². The second kappa shape index (κ2) is 10.3. The summed E-state index contributed by atoms with van der Waals surface area (Å²) in [5.74, 6) is -0.377. The van der Waals surface area contributed by atoms with Crippen molar-refractivity contribution in [1.82, 2.24) is 4.98 Å². The number of carbonyl (C=O) groups excluding carboxylic acids is 1. The van der Waals surface area contributed by atoms with Crippen molar-refractivity contribution in [1.29, 1.82) is 5.26 Å². The lowest BCUT2D eigenvalue weighted by Crippen LogP contribution is -2.05. The summed E-state index contributed by atoms with van der Waals surface area (Å²) >= 11 is 7.28. The number of nitrogens with zero attached hydrogens (tertiary/aromatic N) is 2. The lowest BCUT2D eigenvalue weighted by atomic mass is 10.1. The number of hydrogen-bond acceptors (Lipinski definition) is 8. The Kier molecular flexibility index (Phi) is 7.07. The lowest BCUT2D eigenvalue weighted by molar-refractivity contribution is 0.0505. The molecule has 4 rings (SSSR count). The smallest absolute Gasteiger partial charge is 0.345 e. The number of anilines is 1.